The first-order chi connectivity index (χ1) is 11.9. The Morgan fingerprint density at radius 2 is 1.92 bits per heavy atom. The Labute approximate surface area is 148 Å². The van der Waals surface area contributed by atoms with Crippen molar-refractivity contribution in [3.05, 3.63) is 29.8 Å². The number of carbonyl (C=O) groups is 2. The number of rotatable bonds is 4. The molecule has 3 rings (SSSR count). The minimum atomic E-state index is -0.622. The lowest BCUT2D eigenvalue weighted by Crippen LogP contribution is -2.46. The molecule has 0 saturated carbocycles. The summed E-state index contributed by atoms with van der Waals surface area (Å²) in [5.74, 6) is 0.103. The molecule has 0 aliphatic carbocycles. The molecule has 6 heteroatoms. The molecule has 2 aliphatic heterocycles. The van der Waals surface area contributed by atoms with Crippen LogP contribution in [-0.4, -0.2) is 53.2 Å². The van der Waals surface area contributed by atoms with Gasteiger partial charge in [-0.2, -0.15) is 0 Å². The third-order valence-corrected chi connectivity index (χ3v) is 5.12. The first kappa shape index (κ1) is 17.9. The van der Waals surface area contributed by atoms with Gasteiger partial charge in [0.1, 0.15) is 5.75 Å². The molecule has 3 atom stereocenters. The third-order valence-electron chi connectivity index (χ3n) is 5.12. The zero-order chi connectivity index (χ0) is 18.0. The number of ether oxygens (including phenoxy) is 1. The summed E-state index contributed by atoms with van der Waals surface area (Å²) in [6.45, 7) is 5.97. The highest BCUT2D eigenvalue weighted by Gasteiger charge is 2.30. The molecule has 2 heterocycles. The summed E-state index contributed by atoms with van der Waals surface area (Å²) >= 11 is 0. The van der Waals surface area contributed by atoms with Crippen molar-refractivity contribution in [1.82, 2.24) is 10.2 Å². The summed E-state index contributed by atoms with van der Waals surface area (Å²) in [5, 5.41) is 12.8. The SMILES string of the molecule is CC(C)N1CCC(c2ccc(OC3CCC(=O)NC3=O)cc2)C(O)C1. The van der Waals surface area contributed by atoms with Crippen molar-refractivity contribution in [3.63, 3.8) is 0 Å². The Bertz CT molecular complexity index is 629. The highest BCUT2D eigenvalue weighted by molar-refractivity contribution is 5.99. The van der Waals surface area contributed by atoms with Crippen molar-refractivity contribution < 1.29 is 19.4 Å². The number of β-amino-alcohol motifs (C(OH)–C–C–N with tert-alkyl or cyclic N) is 1. The number of likely N-dealkylation sites (tertiary alicyclic amines) is 1. The third kappa shape index (κ3) is 4.19. The van der Waals surface area contributed by atoms with Gasteiger partial charge in [-0.25, -0.2) is 0 Å². The number of nitrogens with zero attached hydrogens (tertiary/aromatic N) is 1. The average molecular weight is 346 g/mol. The number of nitrogens with one attached hydrogen (secondary N) is 1. The second kappa shape index (κ2) is 7.54. The van der Waals surface area contributed by atoms with E-state index in [2.05, 4.69) is 24.1 Å². The van der Waals surface area contributed by atoms with Gasteiger partial charge in [0, 0.05) is 31.3 Å². The van der Waals surface area contributed by atoms with E-state index in [4.69, 9.17) is 4.74 Å². The van der Waals surface area contributed by atoms with Crippen LogP contribution < -0.4 is 10.1 Å². The van der Waals surface area contributed by atoms with Crippen molar-refractivity contribution >= 4 is 11.8 Å². The molecule has 25 heavy (non-hydrogen) atoms. The lowest BCUT2D eigenvalue weighted by molar-refractivity contribution is -0.138. The lowest BCUT2D eigenvalue weighted by Gasteiger charge is -2.38. The molecule has 1 aromatic rings. The van der Waals surface area contributed by atoms with E-state index in [0.717, 1.165) is 18.5 Å². The monoisotopic (exact) mass is 346 g/mol. The summed E-state index contributed by atoms with van der Waals surface area (Å²) in [4.78, 5) is 25.2. The molecule has 2 N–H and O–H groups in total. The molecule has 3 unspecified atom stereocenters. The van der Waals surface area contributed by atoms with Gasteiger partial charge in [0.2, 0.25) is 5.91 Å². The van der Waals surface area contributed by atoms with E-state index in [0.29, 0.717) is 31.2 Å². The smallest absolute Gasteiger partial charge is 0.267 e. The number of aliphatic hydroxyl groups is 1. The maximum atomic E-state index is 11.8. The summed E-state index contributed by atoms with van der Waals surface area (Å²) in [6, 6.07) is 8.03. The number of amides is 2. The first-order valence-electron chi connectivity index (χ1n) is 8.96. The molecule has 2 aliphatic rings. The van der Waals surface area contributed by atoms with Gasteiger partial charge in [0.05, 0.1) is 6.10 Å². The van der Waals surface area contributed by atoms with Crippen LogP contribution in [0.15, 0.2) is 24.3 Å². The van der Waals surface area contributed by atoms with Crippen LogP contribution >= 0.6 is 0 Å². The van der Waals surface area contributed by atoms with Crippen LogP contribution in [0.2, 0.25) is 0 Å². The van der Waals surface area contributed by atoms with E-state index in [1.807, 2.05) is 24.3 Å². The van der Waals surface area contributed by atoms with E-state index in [1.165, 1.54) is 0 Å². The second-order valence-corrected chi connectivity index (χ2v) is 7.18. The summed E-state index contributed by atoms with van der Waals surface area (Å²) in [5.41, 5.74) is 1.09. The number of aliphatic hydroxyl groups excluding tert-OH is 1. The molecule has 1 aromatic carbocycles. The standard InChI is InChI=1S/C19H26N2O4/c1-12(2)21-10-9-15(16(22)11-21)13-3-5-14(6-4-13)25-17-7-8-18(23)20-19(17)24/h3-6,12,15-17,22H,7-11H2,1-2H3,(H,20,23,24). The van der Waals surface area contributed by atoms with Crippen LogP contribution in [0.25, 0.3) is 0 Å². The van der Waals surface area contributed by atoms with E-state index in [9.17, 15) is 14.7 Å². The number of hydrogen-bond acceptors (Lipinski definition) is 5. The number of piperidine rings is 2. The second-order valence-electron chi connectivity index (χ2n) is 7.18. The Hall–Kier alpha value is -1.92. The van der Waals surface area contributed by atoms with Gasteiger partial charge in [-0.15, -0.1) is 0 Å². The van der Waals surface area contributed by atoms with Crippen molar-refractivity contribution in [3.8, 4) is 5.75 Å². The van der Waals surface area contributed by atoms with Gasteiger partial charge in [-0.3, -0.25) is 19.8 Å². The molecule has 0 aromatic heterocycles. The predicted molar refractivity (Wildman–Crippen MR) is 93.3 cm³/mol. The Morgan fingerprint density at radius 3 is 2.52 bits per heavy atom. The fraction of sp³-hybridized carbons (Fsp3) is 0.579. The highest BCUT2D eigenvalue weighted by atomic mass is 16.5. The summed E-state index contributed by atoms with van der Waals surface area (Å²) in [6.07, 6.45) is 0.627. The topological polar surface area (TPSA) is 78.9 Å². The average Bonchev–Trinajstić information content (AvgIpc) is 2.58. The number of hydrogen-bond donors (Lipinski definition) is 2. The predicted octanol–water partition coefficient (Wildman–Crippen LogP) is 1.43. The molecule has 0 spiro atoms. The fourth-order valence-electron chi connectivity index (χ4n) is 3.56. The normalized spacial score (nSPS) is 28.1. The van der Waals surface area contributed by atoms with Crippen molar-refractivity contribution in [2.24, 2.45) is 0 Å². The largest absolute Gasteiger partial charge is 0.481 e. The van der Waals surface area contributed by atoms with Crippen LogP contribution in [0.5, 0.6) is 5.75 Å². The van der Waals surface area contributed by atoms with Crippen LogP contribution in [0.3, 0.4) is 0 Å². The zero-order valence-corrected chi connectivity index (χ0v) is 14.8. The first-order valence-corrected chi connectivity index (χ1v) is 8.96. The van der Waals surface area contributed by atoms with Gasteiger partial charge in [0.15, 0.2) is 6.10 Å². The molecular weight excluding hydrogens is 320 g/mol. The van der Waals surface area contributed by atoms with E-state index in [1.54, 1.807) is 0 Å². The number of benzene rings is 1. The van der Waals surface area contributed by atoms with E-state index in [-0.39, 0.29) is 23.8 Å². The Balaban J connectivity index is 1.61. The van der Waals surface area contributed by atoms with Crippen molar-refractivity contribution in [2.45, 2.75) is 57.3 Å². The van der Waals surface area contributed by atoms with Crippen molar-refractivity contribution in [2.75, 3.05) is 13.1 Å². The van der Waals surface area contributed by atoms with Crippen LogP contribution in [-0.2, 0) is 9.59 Å². The summed E-state index contributed by atoms with van der Waals surface area (Å²) in [7, 11) is 0. The molecule has 0 radical (unpaired) electrons. The molecule has 2 saturated heterocycles. The lowest BCUT2D eigenvalue weighted by atomic mass is 9.86. The van der Waals surface area contributed by atoms with Gasteiger partial charge >= 0.3 is 0 Å². The quantitative estimate of drug-likeness (QED) is 0.807. The number of imide groups is 1. The van der Waals surface area contributed by atoms with Crippen LogP contribution in [0, 0.1) is 0 Å². The van der Waals surface area contributed by atoms with Gasteiger partial charge in [0.25, 0.3) is 5.91 Å². The zero-order valence-electron chi connectivity index (χ0n) is 14.8. The molecule has 2 amide bonds. The maximum absolute atomic E-state index is 11.8. The van der Waals surface area contributed by atoms with E-state index < -0.39 is 6.10 Å². The Kier molecular flexibility index (Phi) is 5.39. The minimum absolute atomic E-state index is 0.125. The molecule has 0 bridgehead atoms. The van der Waals surface area contributed by atoms with Crippen LogP contribution in [0.1, 0.15) is 44.6 Å². The van der Waals surface area contributed by atoms with E-state index >= 15 is 0 Å². The highest BCUT2D eigenvalue weighted by Crippen LogP contribution is 2.30. The minimum Gasteiger partial charge on any atom is -0.481 e. The molecule has 2 fully saturated rings. The van der Waals surface area contributed by atoms with Gasteiger partial charge in [-0.05, 0) is 44.5 Å². The van der Waals surface area contributed by atoms with Crippen LogP contribution in [0.4, 0.5) is 0 Å². The van der Waals surface area contributed by atoms with Gasteiger partial charge < -0.3 is 9.84 Å². The maximum Gasteiger partial charge on any atom is 0.267 e. The Morgan fingerprint density at radius 1 is 1.20 bits per heavy atom. The van der Waals surface area contributed by atoms with Gasteiger partial charge in [-0.1, -0.05) is 12.1 Å². The number of carbonyl (C=O) groups excluding carboxylic acids is 2. The fourth-order valence-corrected chi connectivity index (χ4v) is 3.56. The molecule has 136 valence electrons. The summed E-state index contributed by atoms with van der Waals surface area (Å²) < 4.78 is 5.70. The molecule has 6 nitrogen and oxygen atoms in total. The molecular formula is C19H26N2O4. The van der Waals surface area contributed by atoms with Crippen molar-refractivity contribution in [1.29, 1.82) is 0 Å².